The fourth-order valence-electron chi connectivity index (χ4n) is 7.12. The van der Waals surface area contributed by atoms with E-state index in [4.69, 9.17) is 9.47 Å². The van der Waals surface area contributed by atoms with Crippen molar-refractivity contribution in [3.8, 4) is 22.6 Å². The van der Waals surface area contributed by atoms with Gasteiger partial charge in [-0.3, -0.25) is 0 Å². The van der Waals surface area contributed by atoms with Crippen LogP contribution in [0.2, 0.25) is 0 Å². The van der Waals surface area contributed by atoms with Gasteiger partial charge in [0.1, 0.15) is 17.3 Å². The molecule has 0 N–H and O–H groups in total. The second-order valence-corrected chi connectivity index (χ2v) is 10.8. The average Bonchev–Trinajstić information content (AvgIpc) is 3.31. The van der Waals surface area contributed by atoms with Crippen LogP contribution in [0.4, 0.5) is 4.39 Å². The number of hydrogen-bond donors (Lipinski definition) is 0. The van der Waals surface area contributed by atoms with Gasteiger partial charge in [0.05, 0.1) is 7.11 Å². The van der Waals surface area contributed by atoms with E-state index in [9.17, 15) is 4.39 Å². The maximum absolute atomic E-state index is 14.7. The summed E-state index contributed by atoms with van der Waals surface area (Å²) in [5.41, 5.74) is 6.70. The zero-order valence-corrected chi connectivity index (χ0v) is 23.0. The summed E-state index contributed by atoms with van der Waals surface area (Å²) in [4.78, 5) is 0. The van der Waals surface area contributed by atoms with Crippen molar-refractivity contribution in [2.45, 2.75) is 37.7 Å². The summed E-state index contributed by atoms with van der Waals surface area (Å²) >= 11 is 0. The van der Waals surface area contributed by atoms with Gasteiger partial charge in [-0.2, -0.15) is 0 Å². The Morgan fingerprint density at radius 2 is 1.45 bits per heavy atom. The van der Waals surface area contributed by atoms with Crippen molar-refractivity contribution in [3.05, 3.63) is 137 Å². The minimum absolute atomic E-state index is 0.189. The number of hydrogen-bond acceptors (Lipinski definition) is 2. The van der Waals surface area contributed by atoms with E-state index in [1.54, 1.807) is 19.2 Å². The Kier molecular flexibility index (Phi) is 5.60. The third-order valence-corrected chi connectivity index (χ3v) is 9.13. The molecule has 5 aromatic rings. The molecule has 2 nitrogen and oxygen atoms in total. The molecular formula is C37H31FO2. The molecule has 0 saturated carbocycles. The van der Waals surface area contributed by atoms with E-state index >= 15 is 0 Å². The first-order valence-corrected chi connectivity index (χ1v) is 14.0. The summed E-state index contributed by atoms with van der Waals surface area (Å²) in [6.45, 7) is 4.43. The monoisotopic (exact) mass is 526 g/mol. The second kappa shape index (κ2) is 9.09. The van der Waals surface area contributed by atoms with Crippen molar-refractivity contribution in [1.29, 1.82) is 0 Å². The van der Waals surface area contributed by atoms with Crippen LogP contribution in [-0.4, -0.2) is 7.11 Å². The van der Waals surface area contributed by atoms with Gasteiger partial charge in [-0.1, -0.05) is 92.7 Å². The maximum Gasteiger partial charge on any atom is 0.178 e. The zero-order valence-electron chi connectivity index (χ0n) is 23.0. The SMILES string of the molecule is CCC1(CC)c2cc(F)ccc2-c2c1c1c(c3ccccc23)OC(c2ccccc2)(c2ccc(OC)cc2)C=C1. The number of benzene rings is 5. The highest BCUT2D eigenvalue weighted by molar-refractivity contribution is 6.08. The van der Waals surface area contributed by atoms with E-state index in [0.29, 0.717) is 0 Å². The van der Waals surface area contributed by atoms with Crippen molar-refractivity contribution in [1.82, 2.24) is 0 Å². The fraction of sp³-hybridized carbons (Fsp3) is 0.189. The predicted octanol–water partition coefficient (Wildman–Crippen LogP) is 9.42. The Morgan fingerprint density at radius 3 is 2.15 bits per heavy atom. The summed E-state index contributed by atoms with van der Waals surface area (Å²) < 4.78 is 27.5. The molecule has 0 spiro atoms. The second-order valence-electron chi connectivity index (χ2n) is 10.8. The first kappa shape index (κ1) is 24.7. The minimum atomic E-state index is -0.823. The van der Waals surface area contributed by atoms with Gasteiger partial charge in [-0.05, 0) is 70.8 Å². The number of halogens is 1. The van der Waals surface area contributed by atoms with E-state index in [0.717, 1.165) is 62.9 Å². The van der Waals surface area contributed by atoms with E-state index in [2.05, 4.69) is 86.7 Å². The van der Waals surface area contributed by atoms with Gasteiger partial charge in [-0.15, -0.1) is 0 Å². The summed E-state index contributed by atoms with van der Waals surface area (Å²) in [5, 5.41) is 2.20. The third-order valence-electron chi connectivity index (χ3n) is 9.13. The quantitative estimate of drug-likeness (QED) is 0.227. The van der Waals surface area contributed by atoms with E-state index in [1.165, 1.54) is 11.1 Å². The molecule has 0 aromatic heterocycles. The lowest BCUT2D eigenvalue weighted by molar-refractivity contribution is 0.163. The number of fused-ring (bicyclic) bond motifs is 8. The van der Waals surface area contributed by atoms with Crippen molar-refractivity contribution in [2.24, 2.45) is 0 Å². The van der Waals surface area contributed by atoms with E-state index < -0.39 is 5.60 Å². The number of rotatable bonds is 5. The molecule has 2 aliphatic rings. The van der Waals surface area contributed by atoms with Gasteiger partial charge in [0.25, 0.3) is 0 Å². The molecule has 198 valence electrons. The van der Waals surface area contributed by atoms with Crippen LogP contribution >= 0.6 is 0 Å². The molecule has 0 bridgehead atoms. The highest BCUT2D eigenvalue weighted by Crippen LogP contribution is 2.60. The Balaban J connectivity index is 1.56. The molecule has 1 aliphatic carbocycles. The lowest BCUT2D eigenvalue weighted by Gasteiger charge is -2.39. The van der Waals surface area contributed by atoms with Crippen LogP contribution in [0.3, 0.4) is 0 Å². The van der Waals surface area contributed by atoms with Crippen LogP contribution in [0.1, 0.15) is 54.5 Å². The topological polar surface area (TPSA) is 18.5 Å². The summed E-state index contributed by atoms with van der Waals surface area (Å²) in [6.07, 6.45) is 6.19. The molecule has 0 fully saturated rings. The summed E-state index contributed by atoms with van der Waals surface area (Å²) in [5.74, 6) is 1.48. The van der Waals surface area contributed by atoms with E-state index in [-0.39, 0.29) is 11.2 Å². The van der Waals surface area contributed by atoms with Crippen molar-refractivity contribution < 1.29 is 13.9 Å². The number of methoxy groups -OCH3 is 1. The molecule has 3 heteroatoms. The van der Waals surface area contributed by atoms with Crippen LogP contribution in [0, 0.1) is 5.82 Å². The largest absolute Gasteiger partial charge is 0.497 e. The van der Waals surface area contributed by atoms with Crippen LogP contribution in [0.25, 0.3) is 28.0 Å². The van der Waals surface area contributed by atoms with Crippen LogP contribution < -0.4 is 9.47 Å². The van der Waals surface area contributed by atoms with Crippen molar-refractivity contribution in [3.63, 3.8) is 0 Å². The van der Waals surface area contributed by atoms with Gasteiger partial charge in [0.15, 0.2) is 5.60 Å². The Labute approximate surface area is 234 Å². The molecular weight excluding hydrogens is 495 g/mol. The molecule has 0 saturated heterocycles. The lowest BCUT2D eigenvalue weighted by atomic mass is 9.71. The molecule has 5 aromatic carbocycles. The zero-order chi connectivity index (χ0) is 27.5. The highest BCUT2D eigenvalue weighted by Gasteiger charge is 2.46. The Bertz CT molecular complexity index is 1780. The average molecular weight is 527 g/mol. The van der Waals surface area contributed by atoms with E-state index in [1.807, 2.05) is 24.3 Å². The minimum Gasteiger partial charge on any atom is -0.497 e. The summed E-state index contributed by atoms with van der Waals surface area (Å²) in [6, 6.07) is 32.3. The third kappa shape index (κ3) is 3.27. The maximum atomic E-state index is 14.7. The molecule has 1 aliphatic heterocycles. The molecule has 1 unspecified atom stereocenters. The lowest BCUT2D eigenvalue weighted by Crippen LogP contribution is -2.35. The number of ether oxygens (including phenoxy) is 2. The van der Waals surface area contributed by atoms with Crippen molar-refractivity contribution >= 4 is 16.8 Å². The fourth-order valence-corrected chi connectivity index (χ4v) is 7.12. The first-order chi connectivity index (χ1) is 19.6. The standard InChI is InChI=1S/C37H31FO2/c1-4-36(5-2)32-23-26(38)17-20-30(32)33-28-13-9-10-14-29(28)35-31(34(33)36)21-22-37(40-35,24-11-7-6-8-12-24)25-15-18-27(39-3)19-16-25/h6-23H,4-5H2,1-3H3. The van der Waals surface area contributed by atoms with Gasteiger partial charge < -0.3 is 9.47 Å². The Hall–Kier alpha value is -4.37. The highest BCUT2D eigenvalue weighted by atomic mass is 19.1. The first-order valence-electron chi connectivity index (χ1n) is 14.0. The molecule has 7 rings (SSSR count). The van der Waals surface area contributed by atoms with Gasteiger partial charge in [0, 0.05) is 27.5 Å². The Morgan fingerprint density at radius 1 is 0.775 bits per heavy atom. The van der Waals surface area contributed by atoms with Gasteiger partial charge in [-0.25, -0.2) is 4.39 Å². The molecule has 0 radical (unpaired) electrons. The van der Waals surface area contributed by atoms with Crippen molar-refractivity contribution in [2.75, 3.05) is 7.11 Å². The smallest absolute Gasteiger partial charge is 0.178 e. The summed E-state index contributed by atoms with van der Waals surface area (Å²) in [7, 11) is 1.68. The molecule has 40 heavy (non-hydrogen) atoms. The van der Waals surface area contributed by atoms with Gasteiger partial charge >= 0.3 is 0 Å². The molecule has 1 heterocycles. The normalized spacial score (nSPS) is 18.1. The molecule has 0 amide bonds. The van der Waals surface area contributed by atoms with Crippen LogP contribution in [-0.2, 0) is 11.0 Å². The van der Waals surface area contributed by atoms with Crippen LogP contribution in [0.15, 0.2) is 103 Å². The predicted molar refractivity (Wildman–Crippen MR) is 161 cm³/mol. The van der Waals surface area contributed by atoms with Gasteiger partial charge in [0.2, 0.25) is 0 Å². The molecule has 1 atom stereocenters. The van der Waals surface area contributed by atoms with Crippen LogP contribution in [0.5, 0.6) is 11.5 Å².